The molecule has 0 aromatic heterocycles. The number of benzene rings is 3. The van der Waals surface area contributed by atoms with Crippen LogP contribution in [0.1, 0.15) is 17.2 Å². The molecule has 0 saturated carbocycles. The standard InChI is InChI=1S/C24H20N2O4/c1-15-8-7-11-17(14-15)25-23(28)20-21(18-12-5-6-13-19(18)27)26(30-22(20)24(25)29)16-9-3-2-4-10-16/h2-14,20-22,27H,1H3/t20-,21-,22-/m1/s1. The van der Waals surface area contributed by atoms with E-state index in [1.54, 1.807) is 41.5 Å². The van der Waals surface area contributed by atoms with Gasteiger partial charge in [-0.05, 0) is 42.8 Å². The second-order valence-corrected chi connectivity index (χ2v) is 7.57. The number of aromatic hydroxyl groups is 1. The molecule has 2 heterocycles. The van der Waals surface area contributed by atoms with Gasteiger partial charge >= 0.3 is 0 Å². The summed E-state index contributed by atoms with van der Waals surface area (Å²) in [5, 5.41) is 12.1. The fourth-order valence-corrected chi connectivity index (χ4v) is 4.29. The van der Waals surface area contributed by atoms with E-state index in [0.717, 1.165) is 5.56 Å². The van der Waals surface area contributed by atoms with Gasteiger partial charge in [0.15, 0.2) is 6.10 Å². The molecule has 30 heavy (non-hydrogen) atoms. The first-order valence-electron chi connectivity index (χ1n) is 9.79. The van der Waals surface area contributed by atoms with E-state index in [-0.39, 0.29) is 11.7 Å². The molecule has 5 rings (SSSR count). The van der Waals surface area contributed by atoms with Gasteiger partial charge in [0.2, 0.25) is 5.91 Å². The van der Waals surface area contributed by atoms with Gasteiger partial charge in [0.05, 0.1) is 17.4 Å². The number of aryl methyl sites for hydroxylation is 1. The number of fused-ring (bicyclic) bond motifs is 1. The second-order valence-electron chi connectivity index (χ2n) is 7.57. The lowest BCUT2D eigenvalue weighted by Crippen LogP contribution is -2.37. The third-order valence-electron chi connectivity index (χ3n) is 5.64. The Bertz CT molecular complexity index is 1130. The first-order valence-corrected chi connectivity index (χ1v) is 9.79. The third-order valence-corrected chi connectivity index (χ3v) is 5.64. The number of phenolic OH excluding ortho intramolecular Hbond substituents is 1. The Morgan fingerprint density at radius 1 is 0.833 bits per heavy atom. The van der Waals surface area contributed by atoms with Crippen LogP contribution in [0, 0.1) is 12.8 Å². The Hall–Kier alpha value is -3.64. The largest absolute Gasteiger partial charge is 0.508 e. The Balaban J connectivity index is 1.61. The Morgan fingerprint density at radius 3 is 2.27 bits per heavy atom. The first-order chi connectivity index (χ1) is 14.6. The average molecular weight is 400 g/mol. The van der Waals surface area contributed by atoms with Gasteiger partial charge in [-0.2, -0.15) is 0 Å². The van der Waals surface area contributed by atoms with Gasteiger partial charge in [-0.1, -0.05) is 48.5 Å². The number of phenols is 1. The summed E-state index contributed by atoms with van der Waals surface area (Å²) in [6, 6.07) is 22.8. The predicted octanol–water partition coefficient (Wildman–Crippen LogP) is 3.75. The molecule has 3 aromatic rings. The monoisotopic (exact) mass is 400 g/mol. The predicted molar refractivity (Wildman–Crippen MR) is 112 cm³/mol. The molecule has 2 saturated heterocycles. The number of amides is 2. The number of para-hydroxylation sites is 2. The molecule has 2 aliphatic rings. The molecule has 1 N–H and O–H groups in total. The number of hydroxylamine groups is 1. The molecule has 6 nitrogen and oxygen atoms in total. The highest BCUT2D eigenvalue weighted by molar-refractivity contribution is 6.24. The normalized spacial score (nSPS) is 23.2. The number of anilines is 2. The molecule has 0 spiro atoms. The Morgan fingerprint density at radius 2 is 1.53 bits per heavy atom. The maximum absolute atomic E-state index is 13.5. The van der Waals surface area contributed by atoms with E-state index in [2.05, 4.69) is 0 Å². The molecule has 0 aliphatic carbocycles. The van der Waals surface area contributed by atoms with E-state index in [9.17, 15) is 14.7 Å². The van der Waals surface area contributed by atoms with Gasteiger partial charge in [0.1, 0.15) is 11.7 Å². The van der Waals surface area contributed by atoms with E-state index in [0.29, 0.717) is 16.9 Å². The zero-order valence-corrected chi connectivity index (χ0v) is 16.3. The summed E-state index contributed by atoms with van der Waals surface area (Å²) in [6.07, 6.45) is -0.956. The van der Waals surface area contributed by atoms with Gasteiger partial charge in [0, 0.05) is 5.56 Å². The van der Waals surface area contributed by atoms with Gasteiger partial charge < -0.3 is 5.11 Å². The van der Waals surface area contributed by atoms with Crippen LogP contribution < -0.4 is 9.96 Å². The summed E-state index contributed by atoms with van der Waals surface area (Å²) in [7, 11) is 0. The number of imide groups is 1. The Labute approximate surface area is 173 Å². The van der Waals surface area contributed by atoms with E-state index in [1.807, 2.05) is 49.4 Å². The average Bonchev–Trinajstić information content (AvgIpc) is 3.25. The van der Waals surface area contributed by atoms with Crippen molar-refractivity contribution in [2.24, 2.45) is 5.92 Å². The molecule has 2 aliphatic heterocycles. The van der Waals surface area contributed by atoms with Crippen molar-refractivity contribution >= 4 is 23.2 Å². The van der Waals surface area contributed by atoms with Crippen LogP contribution in [0.25, 0.3) is 0 Å². The number of rotatable bonds is 3. The highest BCUT2D eigenvalue weighted by atomic mass is 16.7. The molecule has 0 unspecified atom stereocenters. The van der Waals surface area contributed by atoms with Crippen LogP contribution in [0.2, 0.25) is 0 Å². The molecule has 2 fully saturated rings. The van der Waals surface area contributed by atoms with Gasteiger partial charge in [-0.25, -0.2) is 9.96 Å². The van der Waals surface area contributed by atoms with Crippen molar-refractivity contribution in [3.05, 3.63) is 90.0 Å². The molecule has 2 amide bonds. The summed E-state index contributed by atoms with van der Waals surface area (Å²) in [5.74, 6) is -1.44. The first kappa shape index (κ1) is 18.4. The minimum Gasteiger partial charge on any atom is -0.508 e. The van der Waals surface area contributed by atoms with Crippen LogP contribution in [-0.4, -0.2) is 23.0 Å². The van der Waals surface area contributed by atoms with Gasteiger partial charge in [-0.15, -0.1) is 0 Å². The third kappa shape index (κ3) is 2.76. The lowest BCUT2D eigenvalue weighted by Gasteiger charge is -2.29. The molecular weight excluding hydrogens is 380 g/mol. The van der Waals surface area contributed by atoms with E-state index in [4.69, 9.17) is 4.84 Å². The van der Waals surface area contributed by atoms with E-state index >= 15 is 0 Å². The number of hydrogen-bond donors (Lipinski definition) is 1. The van der Waals surface area contributed by atoms with Crippen molar-refractivity contribution in [2.45, 2.75) is 19.1 Å². The fraction of sp³-hybridized carbons (Fsp3) is 0.167. The van der Waals surface area contributed by atoms with Gasteiger partial charge in [-0.3, -0.25) is 14.4 Å². The molecule has 6 heteroatoms. The Kier molecular flexibility index (Phi) is 4.29. The molecule has 150 valence electrons. The molecule has 0 bridgehead atoms. The maximum atomic E-state index is 13.5. The number of hydrogen-bond acceptors (Lipinski definition) is 5. The highest BCUT2D eigenvalue weighted by Gasteiger charge is 2.60. The van der Waals surface area contributed by atoms with Gasteiger partial charge in [0.25, 0.3) is 5.91 Å². The lowest BCUT2D eigenvalue weighted by atomic mass is 9.90. The number of nitrogens with zero attached hydrogens (tertiary/aromatic N) is 2. The summed E-state index contributed by atoms with van der Waals surface area (Å²) in [4.78, 5) is 34.0. The summed E-state index contributed by atoms with van der Waals surface area (Å²) in [5.41, 5.74) is 2.74. The van der Waals surface area contributed by atoms with Crippen molar-refractivity contribution in [1.29, 1.82) is 0 Å². The van der Waals surface area contributed by atoms with Crippen molar-refractivity contribution in [3.63, 3.8) is 0 Å². The van der Waals surface area contributed by atoms with Crippen LogP contribution in [0.4, 0.5) is 11.4 Å². The maximum Gasteiger partial charge on any atom is 0.266 e. The molecule has 3 atom stereocenters. The van der Waals surface area contributed by atoms with Crippen LogP contribution in [-0.2, 0) is 14.4 Å². The number of carbonyl (C=O) groups excluding carboxylic acids is 2. The van der Waals surface area contributed by atoms with Crippen LogP contribution in [0.3, 0.4) is 0 Å². The summed E-state index contributed by atoms with van der Waals surface area (Å²) < 4.78 is 0. The lowest BCUT2D eigenvalue weighted by molar-refractivity contribution is -0.126. The van der Waals surface area contributed by atoms with E-state index in [1.165, 1.54) is 4.90 Å². The van der Waals surface area contributed by atoms with Crippen molar-refractivity contribution in [3.8, 4) is 5.75 Å². The van der Waals surface area contributed by atoms with Crippen LogP contribution >= 0.6 is 0 Å². The van der Waals surface area contributed by atoms with Crippen molar-refractivity contribution in [1.82, 2.24) is 0 Å². The molecule has 3 aromatic carbocycles. The topological polar surface area (TPSA) is 70.1 Å². The molecule has 0 radical (unpaired) electrons. The second kappa shape index (κ2) is 7.00. The fourth-order valence-electron chi connectivity index (χ4n) is 4.29. The minimum atomic E-state index is -0.956. The summed E-state index contributed by atoms with van der Waals surface area (Å²) >= 11 is 0. The van der Waals surface area contributed by atoms with Crippen LogP contribution in [0.5, 0.6) is 5.75 Å². The quantitative estimate of drug-likeness (QED) is 0.678. The summed E-state index contributed by atoms with van der Waals surface area (Å²) in [6.45, 7) is 1.91. The van der Waals surface area contributed by atoms with Crippen molar-refractivity contribution in [2.75, 3.05) is 9.96 Å². The zero-order valence-electron chi connectivity index (χ0n) is 16.3. The van der Waals surface area contributed by atoms with E-state index < -0.39 is 24.0 Å². The molecular formula is C24H20N2O4. The van der Waals surface area contributed by atoms with Crippen molar-refractivity contribution < 1.29 is 19.5 Å². The highest BCUT2D eigenvalue weighted by Crippen LogP contribution is 2.49. The zero-order chi connectivity index (χ0) is 20.8. The smallest absolute Gasteiger partial charge is 0.266 e. The number of carbonyl (C=O) groups is 2. The minimum absolute atomic E-state index is 0.0573. The van der Waals surface area contributed by atoms with Crippen LogP contribution in [0.15, 0.2) is 78.9 Å². The SMILES string of the molecule is Cc1cccc(N2C(=O)[C@@H]3[C@@H](c4ccccc4O)N(c4ccccc4)O[C@H]3C2=O)c1.